The number of nitrogens with two attached hydrogens (primary N) is 1. The lowest BCUT2D eigenvalue weighted by atomic mass is 9.92. The van der Waals surface area contributed by atoms with Crippen molar-refractivity contribution in [1.82, 2.24) is 0 Å². The van der Waals surface area contributed by atoms with Crippen molar-refractivity contribution in [2.45, 2.75) is 44.1 Å². The molecule has 1 fully saturated rings. The average molecular weight is 217 g/mol. The van der Waals surface area contributed by atoms with Gasteiger partial charge in [0.25, 0.3) is 0 Å². The molecular formula is C14H19NO. The minimum absolute atomic E-state index is 0.393. The van der Waals surface area contributed by atoms with Crippen molar-refractivity contribution in [2.75, 3.05) is 6.61 Å². The number of aryl methyl sites for hydroxylation is 1. The molecule has 0 spiro atoms. The number of para-hydroxylation sites is 1. The first-order valence-electron chi connectivity index (χ1n) is 6.35. The normalized spacial score (nSPS) is 28.6. The molecule has 2 nitrogen and oxygen atoms in total. The molecule has 0 bridgehead atoms. The van der Waals surface area contributed by atoms with Crippen LogP contribution in [0.5, 0.6) is 5.75 Å². The average Bonchev–Trinajstić information content (AvgIpc) is 2.75. The van der Waals surface area contributed by atoms with Crippen molar-refractivity contribution in [3.8, 4) is 5.75 Å². The van der Waals surface area contributed by atoms with E-state index in [-0.39, 0.29) is 0 Å². The second-order valence-corrected chi connectivity index (χ2v) is 5.06. The molecule has 16 heavy (non-hydrogen) atoms. The first kappa shape index (κ1) is 10.2. The second-order valence-electron chi connectivity index (χ2n) is 5.06. The largest absolute Gasteiger partial charge is 0.493 e. The predicted molar refractivity (Wildman–Crippen MR) is 64.8 cm³/mol. The number of fused-ring (bicyclic) bond motifs is 1. The minimum atomic E-state index is 0.393. The third-order valence-electron chi connectivity index (χ3n) is 3.88. The number of benzene rings is 1. The van der Waals surface area contributed by atoms with E-state index in [9.17, 15) is 0 Å². The molecule has 1 aliphatic carbocycles. The van der Waals surface area contributed by atoms with E-state index in [1.807, 2.05) is 0 Å². The van der Waals surface area contributed by atoms with Crippen LogP contribution in [0, 0.1) is 0 Å². The van der Waals surface area contributed by atoms with Crippen LogP contribution in [0.2, 0.25) is 0 Å². The maximum absolute atomic E-state index is 6.00. The van der Waals surface area contributed by atoms with Gasteiger partial charge in [0.15, 0.2) is 0 Å². The Morgan fingerprint density at radius 2 is 2.19 bits per heavy atom. The lowest BCUT2D eigenvalue weighted by molar-refractivity contribution is 0.283. The Balaban J connectivity index is 1.94. The van der Waals surface area contributed by atoms with Crippen molar-refractivity contribution >= 4 is 0 Å². The van der Waals surface area contributed by atoms with Gasteiger partial charge in [0.1, 0.15) is 5.75 Å². The Bertz CT molecular complexity index is 388. The Labute approximate surface area is 96.8 Å². The summed E-state index contributed by atoms with van der Waals surface area (Å²) in [6.07, 6.45) is 5.83. The molecule has 86 valence electrons. The third-order valence-corrected chi connectivity index (χ3v) is 3.88. The van der Waals surface area contributed by atoms with Crippen molar-refractivity contribution in [1.29, 1.82) is 0 Å². The van der Waals surface area contributed by atoms with E-state index in [1.54, 1.807) is 0 Å². The molecule has 1 heterocycles. The van der Waals surface area contributed by atoms with E-state index in [2.05, 4.69) is 18.2 Å². The van der Waals surface area contributed by atoms with Crippen molar-refractivity contribution in [3.05, 3.63) is 29.3 Å². The summed E-state index contributed by atoms with van der Waals surface area (Å²) < 4.78 is 5.86. The summed E-state index contributed by atoms with van der Waals surface area (Å²) in [5.74, 6) is 1.80. The highest BCUT2D eigenvalue weighted by molar-refractivity contribution is 5.45. The van der Waals surface area contributed by atoms with Crippen LogP contribution in [0.3, 0.4) is 0 Å². The molecule has 2 unspecified atom stereocenters. The van der Waals surface area contributed by atoms with Gasteiger partial charge in [-0.1, -0.05) is 18.2 Å². The fourth-order valence-corrected chi connectivity index (χ4v) is 3.03. The zero-order chi connectivity index (χ0) is 11.0. The van der Waals surface area contributed by atoms with Crippen LogP contribution in [0.1, 0.15) is 42.7 Å². The van der Waals surface area contributed by atoms with Gasteiger partial charge < -0.3 is 10.5 Å². The van der Waals surface area contributed by atoms with Gasteiger partial charge in [-0.2, -0.15) is 0 Å². The summed E-state index contributed by atoms with van der Waals surface area (Å²) in [5, 5.41) is 0. The second kappa shape index (κ2) is 4.10. The summed E-state index contributed by atoms with van der Waals surface area (Å²) in [6, 6.07) is 7.00. The Morgan fingerprint density at radius 1 is 1.25 bits per heavy atom. The number of rotatable bonds is 1. The van der Waals surface area contributed by atoms with E-state index in [0.717, 1.165) is 25.9 Å². The zero-order valence-corrected chi connectivity index (χ0v) is 9.61. The minimum Gasteiger partial charge on any atom is -0.493 e. The SMILES string of the molecule is NC1CCC(c2cccc3c2OCCC3)C1. The molecule has 1 aliphatic heterocycles. The van der Waals surface area contributed by atoms with Gasteiger partial charge in [0, 0.05) is 6.04 Å². The summed E-state index contributed by atoms with van der Waals surface area (Å²) in [7, 11) is 0. The topological polar surface area (TPSA) is 35.2 Å². The molecule has 1 saturated carbocycles. The van der Waals surface area contributed by atoms with Crippen LogP contribution in [-0.2, 0) is 6.42 Å². The molecule has 2 aliphatic rings. The lowest BCUT2D eigenvalue weighted by Gasteiger charge is -2.23. The molecule has 2 N–H and O–H groups in total. The summed E-state index contributed by atoms with van der Waals surface area (Å²) in [6.45, 7) is 0.878. The molecule has 3 rings (SSSR count). The van der Waals surface area contributed by atoms with Crippen LogP contribution < -0.4 is 10.5 Å². The predicted octanol–water partition coefficient (Wildman–Crippen LogP) is 2.61. The highest BCUT2D eigenvalue weighted by atomic mass is 16.5. The van der Waals surface area contributed by atoms with Gasteiger partial charge >= 0.3 is 0 Å². The fourth-order valence-electron chi connectivity index (χ4n) is 3.03. The standard InChI is InChI=1S/C14H19NO/c15-12-7-6-11(9-12)13-5-1-3-10-4-2-8-16-14(10)13/h1,3,5,11-12H,2,4,6-9,15H2. The van der Waals surface area contributed by atoms with Crippen LogP contribution in [0.25, 0.3) is 0 Å². The zero-order valence-electron chi connectivity index (χ0n) is 9.61. The molecular weight excluding hydrogens is 198 g/mol. The van der Waals surface area contributed by atoms with E-state index in [1.165, 1.54) is 29.7 Å². The Morgan fingerprint density at radius 3 is 3.00 bits per heavy atom. The quantitative estimate of drug-likeness (QED) is 0.784. The van der Waals surface area contributed by atoms with Crippen molar-refractivity contribution < 1.29 is 4.74 Å². The molecule has 2 heteroatoms. The maximum Gasteiger partial charge on any atom is 0.125 e. The van der Waals surface area contributed by atoms with Crippen LogP contribution in [-0.4, -0.2) is 12.6 Å². The summed E-state index contributed by atoms with van der Waals surface area (Å²) in [5.41, 5.74) is 8.80. The van der Waals surface area contributed by atoms with Crippen molar-refractivity contribution in [2.24, 2.45) is 5.73 Å². The molecule has 0 saturated heterocycles. The van der Waals surface area contributed by atoms with Gasteiger partial charge in [-0.05, 0) is 49.1 Å². The molecule has 1 aromatic carbocycles. The van der Waals surface area contributed by atoms with Gasteiger partial charge in [-0.15, -0.1) is 0 Å². The van der Waals surface area contributed by atoms with Gasteiger partial charge in [0.05, 0.1) is 6.61 Å². The first-order valence-corrected chi connectivity index (χ1v) is 6.35. The monoisotopic (exact) mass is 217 g/mol. The Hall–Kier alpha value is -1.02. The first-order chi connectivity index (χ1) is 7.84. The lowest BCUT2D eigenvalue weighted by Crippen LogP contribution is -2.15. The van der Waals surface area contributed by atoms with Crippen LogP contribution in [0.15, 0.2) is 18.2 Å². The number of hydrogen-bond acceptors (Lipinski definition) is 2. The summed E-state index contributed by atoms with van der Waals surface area (Å²) >= 11 is 0. The van der Waals surface area contributed by atoms with E-state index >= 15 is 0 Å². The van der Waals surface area contributed by atoms with Crippen LogP contribution in [0.4, 0.5) is 0 Å². The van der Waals surface area contributed by atoms with E-state index in [4.69, 9.17) is 10.5 Å². The molecule has 2 atom stereocenters. The molecule has 1 aromatic rings. The number of hydrogen-bond donors (Lipinski definition) is 1. The third kappa shape index (κ3) is 1.71. The van der Waals surface area contributed by atoms with E-state index in [0.29, 0.717) is 12.0 Å². The van der Waals surface area contributed by atoms with Gasteiger partial charge in [-0.3, -0.25) is 0 Å². The van der Waals surface area contributed by atoms with E-state index < -0.39 is 0 Å². The highest BCUT2D eigenvalue weighted by Crippen LogP contribution is 2.41. The maximum atomic E-state index is 6.00. The van der Waals surface area contributed by atoms with Crippen LogP contribution >= 0.6 is 0 Å². The highest BCUT2D eigenvalue weighted by Gasteiger charge is 2.27. The molecule has 0 amide bonds. The number of ether oxygens (including phenoxy) is 1. The van der Waals surface area contributed by atoms with Gasteiger partial charge in [-0.25, -0.2) is 0 Å². The van der Waals surface area contributed by atoms with Gasteiger partial charge in [0.2, 0.25) is 0 Å². The molecule has 0 aromatic heterocycles. The fraction of sp³-hybridized carbons (Fsp3) is 0.571. The summed E-state index contributed by atoms with van der Waals surface area (Å²) in [4.78, 5) is 0. The smallest absolute Gasteiger partial charge is 0.125 e. The Kier molecular flexibility index (Phi) is 2.60. The van der Waals surface area contributed by atoms with Crippen molar-refractivity contribution in [3.63, 3.8) is 0 Å². The molecule has 0 radical (unpaired) electrons.